The van der Waals surface area contributed by atoms with Crippen molar-refractivity contribution in [2.45, 2.75) is 23.9 Å². The molecule has 0 aliphatic carbocycles. The summed E-state index contributed by atoms with van der Waals surface area (Å²) in [6, 6.07) is 4.25. The van der Waals surface area contributed by atoms with E-state index in [1.807, 2.05) is 6.92 Å². The predicted octanol–water partition coefficient (Wildman–Crippen LogP) is 1.78. The SMILES string of the molecule is CCOc1ccc(S(=O)(=O)N(CC)CC(=O)NCCSc2ncn[nH]2)cc1Cl. The minimum absolute atomic E-state index is 0.0106. The number of aromatic amines is 1. The van der Waals surface area contributed by atoms with Gasteiger partial charge in [0.05, 0.1) is 23.1 Å². The van der Waals surface area contributed by atoms with Gasteiger partial charge in [0.15, 0.2) is 5.16 Å². The van der Waals surface area contributed by atoms with Crippen molar-refractivity contribution in [1.82, 2.24) is 24.8 Å². The summed E-state index contributed by atoms with van der Waals surface area (Å²) in [5.41, 5.74) is 0. The maximum atomic E-state index is 12.8. The second-order valence-corrected chi connectivity index (χ2v) is 8.87. The Labute approximate surface area is 173 Å². The molecule has 0 aliphatic rings. The van der Waals surface area contributed by atoms with Crippen LogP contribution in [0.2, 0.25) is 5.02 Å². The first-order valence-corrected chi connectivity index (χ1v) is 11.4. The number of nitrogens with zero attached hydrogens (tertiary/aromatic N) is 3. The number of rotatable bonds is 11. The lowest BCUT2D eigenvalue weighted by Gasteiger charge is -2.20. The second-order valence-electron chi connectivity index (χ2n) is 5.45. The summed E-state index contributed by atoms with van der Waals surface area (Å²) in [6.07, 6.45) is 1.40. The zero-order chi connectivity index (χ0) is 20.6. The fourth-order valence-electron chi connectivity index (χ4n) is 2.25. The van der Waals surface area contributed by atoms with Crippen LogP contribution in [0.25, 0.3) is 0 Å². The van der Waals surface area contributed by atoms with Crippen molar-refractivity contribution in [3.63, 3.8) is 0 Å². The number of carbonyl (C=O) groups is 1. The lowest BCUT2D eigenvalue weighted by atomic mass is 10.3. The minimum Gasteiger partial charge on any atom is -0.492 e. The van der Waals surface area contributed by atoms with Crippen molar-refractivity contribution >= 4 is 39.3 Å². The summed E-state index contributed by atoms with van der Waals surface area (Å²) < 4.78 is 32.1. The van der Waals surface area contributed by atoms with E-state index in [1.165, 1.54) is 36.3 Å². The van der Waals surface area contributed by atoms with Gasteiger partial charge in [-0.25, -0.2) is 13.4 Å². The van der Waals surface area contributed by atoms with E-state index in [9.17, 15) is 13.2 Å². The zero-order valence-electron chi connectivity index (χ0n) is 15.5. The molecule has 12 heteroatoms. The van der Waals surface area contributed by atoms with Gasteiger partial charge < -0.3 is 10.1 Å². The van der Waals surface area contributed by atoms with Crippen LogP contribution < -0.4 is 10.1 Å². The van der Waals surface area contributed by atoms with Gasteiger partial charge in [-0.15, -0.1) is 0 Å². The molecular formula is C16H22ClN5O4S2. The number of nitrogens with one attached hydrogen (secondary N) is 2. The van der Waals surface area contributed by atoms with Crippen LogP contribution >= 0.6 is 23.4 Å². The third kappa shape index (κ3) is 6.09. The zero-order valence-corrected chi connectivity index (χ0v) is 17.9. The highest BCUT2D eigenvalue weighted by Crippen LogP contribution is 2.28. The third-order valence-corrected chi connectivity index (χ3v) is 6.66. The standard InChI is InChI=1S/C16H22ClN5O4S2/c1-3-22(10-15(23)18-7-8-27-16-19-11-20-21-16)28(24,25)12-5-6-14(26-4-2)13(17)9-12/h5-6,9,11H,3-4,7-8,10H2,1-2H3,(H,18,23)(H,19,20,21). The van der Waals surface area contributed by atoms with Crippen molar-refractivity contribution in [2.24, 2.45) is 0 Å². The third-order valence-electron chi connectivity index (χ3n) is 3.57. The summed E-state index contributed by atoms with van der Waals surface area (Å²) in [5.74, 6) is 0.600. The summed E-state index contributed by atoms with van der Waals surface area (Å²) in [4.78, 5) is 16.1. The molecule has 1 amide bonds. The van der Waals surface area contributed by atoms with Gasteiger partial charge in [0.25, 0.3) is 0 Å². The van der Waals surface area contributed by atoms with Gasteiger partial charge in [0, 0.05) is 18.8 Å². The van der Waals surface area contributed by atoms with Crippen LogP contribution in [-0.2, 0) is 14.8 Å². The number of sulfonamides is 1. The molecule has 2 N–H and O–H groups in total. The molecule has 0 spiro atoms. The second kappa shape index (κ2) is 10.6. The Kier molecular flexibility index (Phi) is 8.55. The number of ether oxygens (including phenoxy) is 1. The first kappa shape index (κ1) is 22.5. The highest BCUT2D eigenvalue weighted by Gasteiger charge is 2.26. The molecule has 1 aromatic heterocycles. The van der Waals surface area contributed by atoms with Gasteiger partial charge >= 0.3 is 0 Å². The van der Waals surface area contributed by atoms with E-state index in [1.54, 1.807) is 6.92 Å². The van der Waals surface area contributed by atoms with Gasteiger partial charge in [-0.3, -0.25) is 9.89 Å². The minimum atomic E-state index is -3.86. The Hall–Kier alpha value is -1.82. The van der Waals surface area contributed by atoms with Crippen LogP contribution in [0.3, 0.4) is 0 Å². The highest BCUT2D eigenvalue weighted by atomic mass is 35.5. The molecule has 0 saturated carbocycles. The quantitative estimate of drug-likeness (QED) is 0.398. The highest BCUT2D eigenvalue weighted by molar-refractivity contribution is 7.99. The fourth-order valence-corrected chi connectivity index (χ4v) is 4.62. The maximum absolute atomic E-state index is 12.8. The molecule has 9 nitrogen and oxygen atoms in total. The Morgan fingerprint density at radius 1 is 1.39 bits per heavy atom. The van der Waals surface area contributed by atoms with Gasteiger partial charge in [-0.1, -0.05) is 30.3 Å². The number of carbonyl (C=O) groups excluding carboxylic acids is 1. The topological polar surface area (TPSA) is 117 Å². The van der Waals surface area contributed by atoms with Crippen LogP contribution in [0.1, 0.15) is 13.8 Å². The van der Waals surface area contributed by atoms with E-state index in [2.05, 4.69) is 20.5 Å². The van der Waals surface area contributed by atoms with Gasteiger partial charge in [-0.2, -0.15) is 9.40 Å². The molecule has 0 aliphatic heterocycles. The summed E-state index contributed by atoms with van der Waals surface area (Å²) in [5, 5.41) is 9.98. The average molecular weight is 448 g/mol. The Morgan fingerprint density at radius 3 is 2.79 bits per heavy atom. The Morgan fingerprint density at radius 2 is 2.18 bits per heavy atom. The van der Waals surface area contributed by atoms with Crippen molar-refractivity contribution in [1.29, 1.82) is 0 Å². The maximum Gasteiger partial charge on any atom is 0.243 e. The number of benzene rings is 1. The monoisotopic (exact) mass is 447 g/mol. The van der Waals surface area contributed by atoms with Crippen LogP contribution in [-0.4, -0.2) is 65.8 Å². The number of amides is 1. The first-order chi connectivity index (χ1) is 13.4. The van der Waals surface area contributed by atoms with Crippen LogP contribution in [0, 0.1) is 0 Å². The lowest BCUT2D eigenvalue weighted by Crippen LogP contribution is -2.41. The van der Waals surface area contributed by atoms with Gasteiger partial charge in [0.1, 0.15) is 12.1 Å². The molecule has 1 heterocycles. The number of H-pyrrole nitrogens is 1. The number of hydrogen-bond acceptors (Lipinski definition) is 7. The lowest BCUT2D eigenvalue weighted by molar-refractivity contribution is -0.121. The van der Waals surface area contributed by atoms with Gasteiger partial charge in [0.2, 0.25) is 15.9 Å². The number of likely N-dealkylation sites (N-methyl/N-ethyl adjacent to an activating group) is 1. The molecule has 2 rings (SSSR count). The van der Waals surface area contributed by atoms with E-state index in [0.29, 0.717) is 29.8 Å². The molecule has 154 valence electrons. The van der Waals surface area contributed by atoms with E-state index in [0.717, 1.165) is 4.31 Å². The molecule has 0 fully saturated rings. The Balaban J connectivity index is 1.94. The Bertz CT molecular complexity index is 877. The van der Waals surface area contributed by atoms with E-state index in [-0.39, 0.29) is 28.9 Å². The molecule has 0 atom stereocenters. The number of hydrogen-bond donors (Lipinski definition) is 2. The molecule has 0 unspecified atom stereocenters. The van der Waals surface area contributed by atoms with Crippen molar-refractivity contribution in [2.75, 3.05) is 32.0 Å². The van der Waals surface area contributed by atoms with Crippen LogP contribution in [0.5, 0.6) is 5.75 Å². The van der Waals surface area contributed by atoms with Crippen molar-refractivity contribution < 1.29 is 17.9 Å². The van der Waals surface area contributed by atoms with Crippen molar-refractivity contribution in [3.05, 3.63) is 29.5 Å². The fraction of sp³-hybridized carbons (Fsp3) is 0.438. The molecular weight excluding hydrogens is 426 g/mol. The number of aromatic nitrogens is 3. The van der Waals surface area contributed by atoms with Crippen LogP contribution in [0.15, 0.2) is 34.6 Å². The van der Waals surface area contributed by atoms with E-state index >= 15 is 0 Å². The van der Waals surface area contributed by atoms with Gasteiger partial charge in [-0.05, 0) is 25.1 Å². The molecule has 0 radical (unpaired) electrons. The summed E-state index contributed by atoms with van der Waals surface area (Å²) >= 11 is 7.49. The molecule has 28 heavy (non-hydrogen) atoms. The first-order valence-electron chi connectivity index (χ1n) is 8.55. The average Bonchev–Trinajstić information content (AvgIpc) is 3.18. The number of halogens is 1. The molecule has 0 bridgehead atoms. The van der Waals surface area contributed by atoms with E-state index < -0.39 is 10.0 Å². The largest absolute Gasteiger partial charge is 0.492 e. The predicted molar refractivity (Wildman–Crippen MR) is 107 cm³/mol. The number of thioether (sulfide) groups is 1. The summed E-state index contributed by atoms with van der Waals surface area (Å²) in [6.45, 7) is 4.13. The van der Waals surface area contributed by atoms with Crippen molar-refractivity contribution in [3.8, 4) is 5.75 Å². The van der Waals surface area contributed by atoms with E-state index in [4.69, 9.17) is 16.3 Å². The molecule has 0 saturated heterocycles. The molecule has 2 aromatic rings. The summed E-state index contributed by atoms with van der Waals surface area (Å²) in [7, 11) is -3.86. The smallest absolute Gasteiger partial charge is 0.243 e. The van der Waals surface area contributed by atoms with Crippen LogP contribution in [0.4, 0.5) is 0 Å². The molecule has 1 aromatic carbocycles. The normalized spacial score (nSPS) is 11.6.